The highest BCUT2D eigenvalue weighted by Crippen LogP contribution is 2.28. The number of hydrogen-bond acceptors (Lipinski definition) is 2. The molecule has 0 bridgehead atoms. The zero-order valence-electron chi connectivity index (χ0n) is 10.7. The van der Waals surface area contributed by atoms with E-state index >= 15 is 0 Å². The Bertz CT molecular complexity index is 419. The summed E-state index contributed by atoms with van der Waals surface area (Å²) in [6, 6.07) is 4.93. The molecule has 100 valence electrons. The second-order valence-electron chi connectivity index (χ2n) is 3.85. The van der Waals surface area contributed by atoms with Gasteiger partial charge in [-0.3, -0.25) is 4.79 Å². The molecular formula is C13H17Cl2NO2. The monoisotopic (exact) mass is 289 g/mol. The first kappa shape index (κ1) is 15.1. The lowest BCUT2D eigenvalue weighted by molar-refractivity contribution is -0.137. The molecule has 0 saturated heterocycles. The fourth-order valence-electron chi connectivity index (χ4n) is 1.60. The number of rotatable bonds is 5. The van der Waals surface area contributed by atoms with Gasteiger partial charge in [0.15, 0.2) is 6.10 Å². The molecule has 1 amide bonds. The van der Waals surface area contributed by atoms with Gasteiger partial charge in [0, 0.05) is 18.1 Å². The molecule has 3 nitrogen and oxygen atoms in total. The third-order valence-corrected chi connectivity index (χ3v) is 3.15. The van der Waals surface area contributed by atoms with E-state index in [9.17, 15) is 4.79 Å². The quantitative estimate of drug-likeness (QED) is 0.828. The molecule has 0 unspecified atom stereocenters. The molecule has 5 heteroatoms. The number of amides is 1. The number of likely N-dealkylation sites (N-methyl/N-ethyl adjacent to an activating group) is 1. The summed E-state index contributed by atoms with van der Waals surface area (Å²) in [5.74, 6) is 0.417. The molecule has 1 aromatic carbocycles. The van der Waals surface area contributed by atoms with Crippen LogP contribution < -0.4 is 4.74 Å². The lowest BCUT2D eigenvalue weighted by Crippen LogP contribution is -2.40. The Labute approximate surface area is 118 Å². The third kappa shape index (κ3) is 3.79. The number of carbonyl (C=O) groups is 1. The van der Waals surface area contributed by atoms with Crippen LogP contribution in [0.1, 0.15) is 20.8 Å². The molecule has 0 N–H and O–H groups in total. The van der Waals surface area contributed by atoms with Gasteiger partial charge >= 0.3 is 0 Å². The second-order valence-corrected chi connectivity index (χ2v) is 4.69. The molecular weight excluding hydrogens is 273 g/mol. The predicted octanol–water partition coefficient (Wildman–Crippen LogP) is 3.63. The molecule has 1 rings (SSSR count). The molecule has 1 aromatic rings. The van der Waals surface area contributed by atoms with Crippen LogP contribution in [0.2, 0.25) is 10.0 Å². The summed E-state index contributed by atoms with van der Waals surface area (Å²) >= 11 is 11.8. The van der Waals surface area contributed by atoms with E-state index in [1.54, 1.807) is 30.0 Å². The van der Waals surface area contributed by atoms with Crippen LogP contribution in [0.4, 0.5) is 0 Å². The van der Waals surface area contributed by atoms with Gasteiger partial charge in [-0.15, -0.1) is 0 Å². The van der Waals surface area contributed by atoms with Crippen molar-refractivity contribution in [2.45, 2.75) is 26.9 Å². The van der Waals surface area contributed by atoms with Crippen molar-refractivity contribution in [1.29, 1.82) is 0 Å². The molecule has 0 aliphatic rings. The topological polar surface area (TPSA) is 29.5 Å². The van der Waals surface area contributed by atoms with Crippen LogP contribution in [0.3, 0.4) is 0 Å². The first-order chi connectivity index (χ1) is 8.49. The Hall–Kier alpha value is -0.930. The van der Waals surface area contributed by atoms with Crippen molar-refractivity contribution in [2.24, 2.45) is 0 Å². The van der Waals surface area contributed by atoms with Gasteiger partial charge in [-0.05, 0) is 39.0 Å². The lowest BCUT2D eigenvalue weighted by Gasteiger charge is -2.23. The number of halogens is 2. The van der Waals surface area contributed by atoms with Gasteiger partial charge in [0.2, 0.25) is 0 Å². The van der Waals surface area contributed by atoms with Crippen molar-refractivity contribution < 1.29 is 9.53 Å². The minimum Gasteiger partial charge on any atom is -0.479 e. The Kier molecular flexibility index (Phi) is 5.76. The van der Waals surface area contributed by atoms with E-state index in [0.717, 1.165) is 0 Å². The van der Waals surface area contributed by atoms with Gasteiger partial charge in [0.25, 0.3) is 5.91 Å². The predicted molar refractivity (Wildman–Crippen MR) is 74.5 cm³/mol. The fraction of sp³-hybridized carbons (Fsp3) is 0.462. The van der Waals surface area contributed by atoms with E-state index in [2.05, 4.69) is 0 Å². The minimum absolute atomic E-state index is 0.0500. The summed E-state index contributed by atoms with van der Waals surface area (Å²) in [7, 11) is 0. The summed E-state index contributed by atoms with van der Waals surface area (Å²) in [6.07, 6.45) is -0.566. The van der Waals surface area contributed by atoms with E-state index < -0.39 is 6.10 Å². The van der Waals surface area contributed by atoms with E-state index in [-0.39, 0.29) is 5.91 Å². The lowest BCUT2D eigenvalue weighted by atomic mass is 10.3. The Morgan fingerprint density at radius 3 is 2.44 bits per heavy atom. The average molecular weight is 290 g/mol. The van der Waals surface area contributed by atoms with Crippen LogP contribution in [-0.2, 0) is 4.79 Å². The van der Waals surface area contributed by atoms with Gasteiger partial charge < -0.3 is 9.64 Å². The smallest absolute Gasteiger partial charge is 0.263 e. The zero-order valence-corrected chi connectivity index (χ0v) is 12.3. The molecule has 1 atom stereocenters. The van der Waals surface area contributed by atoms with Crippen LogP contribution in [0.15, 0.2) is 18.2 Å². The molecule has 0 aromatic heterocycles. The van der Waals surface area contributed by atoms with Crippen molar-refractivity contribution in [3.63, 3.8) is 0 Å². The van der Waals surface area contributed by atoms with Crippen molar-refractivity contribution in [3.05, 3.63) is 28.2 Å². The molecule has 0 radical (unpaired) electrons. The van der Waals surface area contributed by atoms with Crippen LogP contribution in [-0.4, -0.2) is 30.0 Å². The number of ether oxygens (including phenoxy) is 1. The standard InChI is InChI=1S/C13H17Cl2NO2/c1-4-16(5-2)13(17)9(3)18-12-7-6-10(14)8-11(12)15/h6-9H,4-5H2,1-3H3/t9-/m0/s1. The van der Waals surface area contributed by atoms with Crippen molar-refractivity contribution in [1.82, 2.24) is 4.90 Å². The summed E-state index contributed by atoms with van der Waals surface area (Å²) in [6.45, 7) is 6.91. The van der Waals surface area contributed by atoms with E-state index in [0.29, 0.717) is 28.9 Å². The fourth-order valence-corrected chi connectivity index (χ4v) is 2.06. The molecule has 0 saturated carbocycles. The van der Waals surface area contributed by atoms with Gasteiger partial charge in [-0.25, -0.2) is 0 Å². The minimum atomic E-state index is -0.566. The van der Waals surface area contributed by atoms with E-state index in [1.807, 2.05) is 13.8 Å². The van der Waals surface area contributed by atoms with Crippen LogP contribution in [0, 0.1) is 0 Å². The number of nitrogens with zero attached hydrogens (tertiary/aromatic N) is 1. The average Bonchev–Trinajstić information content (AvgIpc) is 2.34. The molecule has 0 heterocycles. The second kappa shape index (κ2) is 6.86. The molecule has 0 spiro atoms. The molecule has 0 aliphatic carbocycles. The van der Waals surface area contributed by atoms with Gasteiger partial charge in [-0.2, -0.15) is 0 Å². The largest absolute Gasteiger partial charge is 0.479 e. The summed E-state index contributed by atoms with van der Waals surface area (Å²) in [5, 5.41) is 0.941. The van der Waals surface area contributed by atoms with Crippen LogP contribution in [0.25, 0.3) is 0 Å². The van der Waals surface area contributed by atoms with Crippen molar-refractivity contribution >= 4 is 29.1 Å². The van der Waals surface area contributed by atoms with Gasteiger partial charge in [-0.1, -0.05) is 23.2 Å². The number of benzene rings is 1. The first-order valence-corrected chi connectivity index (χ1v) is 6.65. The van der Waals surface area contributed by atoms with E-state index in [1.165, 1.54) is 0 Å². The third-order valence-electron chi connectivity index (χ3n) is 2.62. The first-order valence-electron chi connectivity index (χ1n) is 5.90. The molecule has 18 heavy (non-hydrogen) atoms. The maximum Gasteiger partial charge on any atom is 0.263 e. The van der Waals surface area contributed by atoms with Crippen molar-refractivity contribution in [2.75, 3.05) is 13.1 Å². The van der Waals surface area contributed by atoms with Crippen LogP contribution in [0.5, 0.6) is 5.75 Å². The normalized spacial score (nSPS) is 12.1. The summed E-state index contributed by atoms with van der Waals surface area (Å²) in [5.41, 5.74) is 0. The molecule has 0 aliphatic heterocycles. The highest BCUT2D eigenvalue weighted by Gasteiger charge is 2.20. The van der Waals surface area contributed by atoms with E-state index in [4.69, 9.17) is 27.9 Å². The highest BCUT2D eigenvalue weighted by molar-refractivity contribution is 6.35. The molecule has 0 fully saturated rings. The maximum atomic E-state index is 12.0. The maximum absolute atomic E-state index is 12.0. The SMILES string of the molecule is CCN(CC)C(=O)[C@H](C)Oc1ccc(Cl)cc1Cl. The van der Waals surface area contributed by atoms with Crippen LogP contribution >= 0.6 is 23.2 Å². The highest BCUT2D eigenvalue weighted by atomic mass is 35.5. The van der Waals surface area contributed by atoms with Crippen molar-refractivity contribution in [3.8, 4) is 5.75 Å². The Balaban J connectivity index is 2.75. The number of carbonyl (C=O) groups excluding carboxylic acids is 1. The summed E-state index contributed by atoms with van der Waals surface area (Å²) in [4.78, 5) is 13.7. The number of hydrogen-bond donors (Lipinski definition) is 0. The Morgan fingerprint density at radius 2 is 1.94 bits per heavy atom. The summed E-state index contributed by atoms with van der Waals surface area (Å²) < 4.78 is 5.56. The zero-order chi connectivity index (χ0) is 13.7. The Morgan fingerprint density at radius 1 is 1.33 bits per heavy atom. The van der Waals surface area contributed by atoms with Gasteiger partial charge in [0.05, 0.1) is 5.02 Å². The van der Waals surface area contributed by atoms with Gasteiger partial charge in [0.1, 0.15) is 5.75 Å².